The smallest absolute Gasteiger partial charge is 0.0825 e. The molecule has 2 unspecified atom stereocenters. The maximum absolute atomic E-state index is 6.46. The number of halogens is 2. The van der Waals surface area contributed by atoms with Crippen LogP contribution < -0.4 is 10.2 Å². The van der Waals surface area contributed by atoms with Crippen molar-refractivity contribution in [2.24, 2.45) is 11.8 Å². The normalized spacial score (nSPS) is 23.1. The maximum atomic E-state index is 6.46. The molecule has 1 heterocycles. The molecule has 0 bridgehead atoms. The highest BCUT2D eigenvalue weighted by molar-refractivity contribution is 6.43. The Bertz CT molecular complexity index is 474. The summed E-state index contributed by atoms with van der Waals surface area (Å²) in [4.78, 5) is 2.45. The molecule has 0 amide bonds. The summed E-state index contributed by atoms with van der Waals surface area (Å²) in [7, 11) is 0. The van der Waals surface area contributed by atoms with E-state index in [0.29, 0.717) is 34.0 Å². The van der Waals surface area contributed by atoms with E-state index in [1.54, 1.807) is 0 Å². The van der Waals surface area contributed by atoms with E-state index in [1.807, 2.05) is 12.1 Å². The first-order valence-electron chi connectivity index (χ1n) is 7.84. The van der Waals surface area contributed by atoms with Crippen molar-refractivity contribution in [3.63, 3.8) is 0 Å². The molecule has 0 aliphatic carbocycles. The molecule has 1 fully saturated rings. The monoisotopic (exact) mass is 328 g/mol. The van der Waals surface area contributed by atoms with E-state index in [-0.39, 0.29) is 0 Å². The van der Waals surface area contributed by atoms with Gasteiger partial charge in [-0.25, -0.2) is 0 Å². The van der Waals surface area contributed by atoms with E-state index in [4.69, 9.17) is 23.2 Å². The molecule has 118 valence electrons. The summed E-state index contributed by atoms with van der Waals surface area (Å²) in [6.45, 7) is 11.1. The topological polar surface area (TPSA) is 15.3 Å². The van der Waals surface area contributed by atoms with E-state index in [0.717, 1.165) is 18.8 Å². The van der Waals surface area contributed by atoms with E-state index in [2.05, 4.69) is 44.0 Å². The fraction of sp³-hybridized carbons (Fsp3) is 0.647. The van der Waals surface area contributed by atoms with Crippen molar-refractivity contribution < 1.29 is 0 Å². The zero-order valence-electron chi connectivity index (χ0n) is 13.4. The fourth-order valence-electron chi connectivity index (χ4n) is 3.15. The van der Waals surface area contributed by atoms with Crippen LogP contribution in [0.2, 0.25) is 10.0 Å². The number of anilines is 1. The van der Waals surface area contributed by atoms with Gasteiger partial charge < -0.3 is 10.2 Å². The Kier molecular flexibility index (Phi) is 5.81. The second-order valence-corrected chi connectivity index (χ2v) is 7.56. The van der Waals surface area contributed by atoms with Crippen LogP contribution in [0.15, 0.2) is 18.2 Å². The largest absolute Gasteiger partial charge is 0.364 e. The highest BCUT2D eigenvalue weighted by Crippen LogP contribution is 2.35. The van der Waals surface area contributed by atoms with Crippen LogP contribution in [0, 0.1) is 11.8 Å². The Morgan fingerprint density at radius 3 is 2.57 bits per heavy atom. The number of piperazine rings is 1. The second-order valence-electron chi connectivity index (χ2n) is 6.77. The quantitative estimate of drug-likeness (QED) is 0.850. The Morgan fingerprint density at radius 2 is 1.95 bits per heavy atom. The van der Waals surface area contributed by atoms with Gasteiger partial charge >= 0.3 is 0 Å². The molecular formula is C17H26Cl2N2. The van der Waals surface area contributed by atoms with Crippen molar-refractivity contribution >= 4 is 28.9 Å². The maximum Gasteiger partial charge on any atom is 0.0825 e. The summed E-state index contributed by atoms with van der Waals surface area (Å²) in [5, 5.41) is 5.01. The van der Waals surface area contributed by atoms with Gasteiger partial charge in [0.2, 0.25) is 0 Å². The molecular weight excluding hydrogens is 303 g/mol. The number of rotatable bonds is 4. The van der Waals surface area contributed by atoms with E-state index in [1.165, 1.54) is 6.42 Å². The molecule has 0 aromatic heterocycles. The van der Waals surface area contributed by atoms with Crippen molar-refractivity contribution in [3.8, 4) is 0 Å². The minimum absolute atomic E-state index is 0.448. The van der Waals surface area contributed by atoms with Crippen LogP contribution in [0.3, 0.4) is 0 Å². The highest BCUT2D eigenvalue weighted by atomic mass is 35.5. The SMILES string of the molecule is CC(C)CC1CN(c2cccc(Cl)c2Cl)C(C(C)C)CN1. The van der Waals surface area contributed by atoms with Crippen molar-refractivity contribution in [1.82, 2.24) is 5.32 Å². The van der Waals surface area contributed by atoms with Gasteiger partial charge in [0.1, 0.15) is 0 Å². The summed E-state index contributed by atoms with van der Waals surface area (Å²) < 4.78 is 0. The van der Waals surface area contributed by atoms with Gasteiger partial charge in [-0.1, -0.05) is 57.0 Å². The van der Waals surface area contributed by atoms with Gasteiger partial charge in [-0.3, -0.25) is 0 Å². The zero-order chi connectivity index (χ0) is 15.6. The van der Waals surface area contributed by atoms with Gasteiger partial charge in [0.25, 0.3) is 0 Å². The van der Waals surface area contributed by atoms with Crippen LogP contribution in [0.4, 0.5) is 5.69 Å². The van der Waals surface area contributed by atoms with Gasteiger partial charge in [-0.15, -0.1) is 0 Å². The lowest BCUT2D eigenvalue weighted by Gasteiger charge is -2.44. The first-order chi connectivity index (χ1) is 9.90. The summed E-state index contributed by atoms with van der Waals surface area (Å²) in [6, 6.07) is 6.88. The first-order valence-corrected chi connectivity index (χ1v) is 8.59. The van der Waals surface area contributed by atoms with E-state index >= 15 is 0 Å². The molecule has 1 aliphatic rings. The molecule has 1 N–H and O–H groups in total. The van der Waals surface area contributed by atoms with Crippen molar-refractivity contribution in [2.45, 2.75) is 46.2 Å². The third-order valence-electron chi connectivity index (χ3n) is 4.20. The van der Waals surface area contributed by atoms with Crippen LogP contribution in [0.1, 0.15) is 34.1 Å². The molecule has 1 aromatic carbocycles. The van der Waals surface area contributed by atoms with Gasteiger partial charge in [0, 0.05) is 25.2 Å². The predicted octanol–water partition coefficient (Wildman–Crippen LogP) is 4.84. The van der Waals surface area contributed by atoms with E-state index < -0.39 is 0 Å². The van der Waals surface area contributed by atoms with Crippen molar-refractivity contribution in [3.05, 3.63) is 28.2 Å². The fourth-order valence-corrected chi connectivity index (χ4v) is 3.55. The zero-order valence-corrected chi connectivity index (χ0v) is 14.9. The number of hydrogen-bond acceptors (Lipinski definition) is 2. The van der Waals surface area contributed by atoms with Crippen LogP contribution in [-0.4, -0.2) is 25.2 Å². The van der Waals surface area contributed by atoms with E-state index in [9.17, 15) is 0 Å². The third-order valence-corrected chi connectivity index (χ3v) is 5.01. The minimum atomic E-state index is 0.448. The lowest BCUT2D eigenvalue weighted by atomic mass is 9.94. The predicted molar refractivity (Wildman–Crippen MR) is 93.7 cm³/mol. The van der Waals surface area contributed by atoms with Gasteiger partial charge in [0.05, 0.1) is 15.7 Å². The molecule has 0 spiro atoms. The Morgan fingerprint density at radius 1 is 1.24 bits per heavy atom. The highest BCUT2D eigenvalue weighted by Gasteiger charge is 2.31. The molecule has 2 rings (SSSR count). The van der Waals surface area contributed by atoms with Gasteiger partial charge in [-0.2, -0.15) is 0 Å². The van der Waals surface area contributed by atoms with Crippen LogP contribution in [0.5, 0.6) is 0 Å². The molecule has 1 saturated heterocycles. The molecule has 2 nitrogen and oxygen atoms in total. The summed E-state index contributed by atoms with van der Waals surface area (Å²) >= 11 is 12.7. The lowest BCUT2D eigenvalue weighted by molar-refractivity contribution is 0.310. The van der Waals surface area contributed by atoms with Crippen molar-refractivity contribution in [2.75, 3.05) is 18.0 Å². The number of nitrogens with one attached hydrogen (secondary N) is 1. The van der Waals surface area contributed by atoms with Crippen LogP contribution in [0.25, 0.3) is 0 Å². The Balaban J connectivity index is 2.27. The standard InChI is InChI=1S/C17H26Cl2N2/c1-11(2)8-13-10-21(16(9-20-13)12(3)4)15-7-5-6-14(18)17(15)19/h5-7,11-13,16,20H,8-10H2,1-4H3. The Hall–Kier alpha value is -0.440. The summed E-state index contributed by atoms with van der Waals surface area (Å²) in [5.41, 5.74) is 1.07. The van der Waals surface area contributed by atoms with Gasteiger partial charge in [-0.05, 0) is 30.4 Å². The molecule has 21 heavy (non-hydrogen) atoms. The number of nitrogens with zero attached hydrogens (tertiary/aromatic N) is 1. The molecule has 1 aliphatic heterocycles. The third kappa shape index (κ3) is 4.06. The molecule has 0 radical (unpaired) electrons. The van der Waals surface area contributed by atoms with Gasteiger partial charge in [0.15, 0.2) is 0 Å². The first kappa shape index (κ1) is 16.9. The number of hydrogen-bond donors (Lipinski definition) is 1. The molecule has 4 heteroatoms. The second kappa shape index (κ2) is 7.21. The Labute approximate surface area is 138 Å². The van der Waals surface area contributed by atoms with Crippen LogP contribution in [-0.2, 0) is 0 Å². The molecule has 1 aromatic rings. The van der Waals surface area contributed by atoms with Crippen molar-refractivity contribution in [1.29, 1.82) is 0 Å². The minimum Gasteiger partial charge on any atom is -0.364 e. The lowest BCUT2D eigenvalue weighted by Crippen LogP contribution is -2.58. The van der Waals surface area contributed by atoms with Crippen LogP contribution >= 0.6 is 23.2 Å². The average molecular weight is 329 g/mol. The molecule has 2 atom stereocenters. The average Bonchev–Trinajstić information content (AvgIpc) is 2.41. The summed E-state index contributed by atoms with van der Waals surface area (Å²) in [5.74, 6) is 1.25. The summed E-state index contributed by atoms with van der Waals surface area (Å²) in [6.07, 6.45) is 1.18. The number of benzene rings is 1. The molecule has 0 saturated carbocycles.